The van der Waals surface area contributed by atoms with Gasteiger partial charge >= 0.3 is 6.03 Å². The maximum Gasteiger partial charge on any atom is 0.312 e. The van der Waals surface area contributed by atoms with Gasteiger partial charge in [-0.05, 0) is 37.6 Å². The van der Waals surface area contributed by atoms with E-state index in [4.69, 9.17) is 5.73 Å². The number of urea groups is 1. The van der Waals surface area contributed by atoms with Crippen LogP contribution in [0.1, 0.15) is 22.8 Å². The monoisotopic (exact) mass is 264 g/mol. The first-order valence-corrected chi connectivity index (χ1v) is 6.20. The molecule has 6 nitrogen and oxygen atoms in total. The van der Waals surface area contributed by atoms with E-state index < -0.39 is 6.03 Å². The molecule has 104 valence electrons. The number of primary amides is 1. The van der Waals surface area contributed by atoms with E-state index in [9.17, 15) is 9.59 Å². The third-order valence-corrected chi connectivity index (χ3v) is 2.56. The number of hydrogen-bond acceptors (Lipinski definition) is 3. The number of nitrogens with one attached hydrogen (secondary N) is 3. The normalized spacial score (nSPS) is 9.79. The summed E-state index contributed by atoms with van der Waals surface area (Å²) in [5.74, 6) is -0.160. The third kappa shape index (κ3) is 4.87. The van der Waals surface area contributed by atoms with Crippen molar-refractivity contribution in [3.05, 3.63) is 29.3 Å². The van der Waals surface area contributed by atoms with E-state index >= 15 is 0 Å². The molecule has 0 aliphatic heterocycles. The van der Waals surface area contributed by atoms with Crippen molar-refractivity contribution in [1.82, 2.24) is 10.6 Å². The number of hydrogen-bond donors (Lipinski definition) is 4. The average Bonchev–Trinajstić information content (AvgIpc) is 2.34. The maximum atomic E-state index is 11.9. The molecular weight excluding hydrogens is 244 g/mol. The quantitative estimate of drug-likeness (QED) is 0.573. The fraction of sp³-hybridized carbons (Fsp3) is 0.385. The molecule has 0 radical (unpaired) electrons. The van der Waals surface area contributed by atoms with Crippen molar-refractivity contribution in [3.63, 3.8) is 0 Å². The lowest BCUT2D eigenvalue weighted by molar-refractivity contribution is 0.0953. The first-order chi connectivity index (χ1) is 9.04. The van der Waals surface area contributed by atoms with Crippen LogP contribution < -0.4 is 21.7 Å². The Balaban J connectivity index is 2.54. The van der Waals surface area contributed by atoms with Crippen LogP contribution in [0.3, 0.4) is 0 Å². The van der Waals surface area contributed by atoms with Gasteiger partial charge in [0.15, 0.2) is 0 Å². The molecule has 0 saturated carbocycles. The molecule has 1 aromatic rings. The number of aryl methyl sites for hydroxylation is 1. The van der Waals surface area contributed by atoms with Crippen LogP contribution in [0, 0.1) is 6.92 Å². The van der Waals surface area contributed by atoms with Crippen molar-refractivity contribution >= 4 is 17.6 Å². The molecule has 5 N–H and O–H groups in total. The lowest BCUT2D eigenvalue weighted by atomic mass is 10.1. The molecule has 19 heavy (non-hydrogen) atoms. The number of anilines is 1. The van der Waals surface area contributed by atoms with Gasteiger partial charge in [0.25, 0.3) is 5.91 Å². The highest BCUT2D eigenvalue weighted by Gasteiger charge is 2.08. The van der Waals surface area contributed by atoms with Crippen LogP contribution >= 0.6 is 0 Å². The molecule has 6 heteroatoms. The Hall–Kier alpha value is -2.24. The Labute approximate surface area is 112 Å². The molecule has 0 aliphatic rings. The fourth-order valence-electron chi connectivity index (χ4n) is 1.69. The molecule has 0 fully saturated rings. The van der Waals surface area contributed by atoms with E-state index in [1.807, 2.05) is 26.0 Å². The minimum atomic E-state index is -0.597. The van der Waals surface area contributed by atoms with Gasteiger partial charge in [-0.1, -0.05) is 0 Å². The van der Waals surface area contributed by atoms with E-state index in [0.29, 0.717) is 18.7 Å². The molecule has 0 atom stereocenters. The zero-order chi connectivity index (χ0) is 14.3. The average molecular weight is 264 g/mol. The van der Waals surface area contributed by atoms with Crippen LogP contribution in [0.4, 0.5) is 10.5 Å². The topological polar surface area (TPSA) is 96.2 Å². The summed E-state index contributed by atoms with van der Waals surface area (Å²) in [6.07, 6.45) is 0. The molecule has 0 saturated heterocycles. The highest BCUT2D eigenvalue weighted by molar-refractivity contribution is 5.96. The number of benzene rings is 1. The first kappa shape index (κ1) is 14.8. The smallest absolute Gasteiger partial charge is 0.312 e. The summed E-state index contributed by atoms with van der Waals surface area (Å²) in [4.78, 5) is 22.4. The van der Waals surface area contributed by atoms with Gasteiger partial charge in [-0.25, -0.2) is 4.79 Å². The van der Waals surface area contributed by atoms with Crippen LogP contribution in [-0.2, 0) is 0 Å². The molecule has 0 spiro atoms. The van der Waals surface area contributed by atoms with E-state index in [1.165, 1.54) is 0 Å². The lowest BCUT2D eigenvalue weighted by Gasteiger charge is -2.10. The second-order valence-electron chi connectivity index (χ2n) is 4.11. The highest BCUT2D eigenvalue weighted by atomic mass is 16.2. The molecule has 1 rings (SSSR count). The summed E-state index contributed by atoms with van der Waals surface area (Å²) >= 11 is 0. The van der Waals surface area contributed by atoms with E-state index in [-0.39, 0.29) is 5.91 Å². The minimum absolute atomic E-state index is 0.160. The molecule has 0 unspecified atom stereocenters. The molecule has 0 heterocycles. The zero-order valence-corrected chi connectivity index (χ0v) is 11.2. The first-order valence-electron chi connectivity index (χ1n) is 6.20. The second-order valence-corrected chi connectivity index (χ2v) is 4.11. The standard InChI is InChI=1S/C13H20N4O2/c1-3-15-10-4-5-11(9(2)8-10)12(18)16-6-7-17-13(14)19/h4-5,8,15H,3,6-7H2,1-2H3,(H,16,18)(H3,14,17,19). The number of carbonyl (C=O) groups is 2. The predicted octanol–water partition coefficient (Wildman–Crippen LogP) is 0.825. The van der Waals surface area contributed by atoms with E-state index in [2.05, 4.69) is 16.0 Å². The predicted molar refractivity (Wildman–Crippen MR) is 75.3 cm³/mol. The Kier molecular flexibility index (Phi) is 5.66. The highest BCUT2D eigenvalue weighted by Crippen LogP contribution is 2.14. The molecule has 0 aliphatic carbocycles. The van der Waals surface area contributed by atoms with Gasteiger partial charge in [-0.3, -0.25) is 4.79 Å². The molecule has 0 bridgehead atoms. The minimum Gasteiger partial charge on any atom is -0.385 e. The Bertz CT molecular complexity index is 460. The summed E-state index contributed by atoms with van der Waals surface area (Å²) in [7, 11) is 0. The van der Waals surface area contributed by atoms with Crippen LogP contribution in [0.5, 0.6) is 0 Å². The third-order valence-electron chi connectivity index (χ3n) is 2.56. The van der Waals surface area contributed by atoms with Crippen LogP contribution in [0.2, 0.25) is 0 Å². The summed E-state index contributed by atoms with van der Waals surface area (Å²) < 4.78 is 0. The van der Waals surface area contributed by atoms with Crippen molar-refractivity contribution in [2.75, 3.05) is 25.0 Å². The summed E-state index contributed by atoms with van der Waals surface area (Å²) in [5.41, 5.74) is 7.44. The van der Waals surface area contributed by atoms with Gasteiger partial charge in [-0.15, -0.1) is 0 Å². The largest absolute Gasteiger partial charge is 0.385 e. The van der Waals surface area contributed by atoms with Crippen LogP contribution in [-0.4, -0.2) is 31.6 Å². The fourth-order valence-corrected chi connectivity index (χ4v) is 1.69. The second kappa shape index (κ2) is 7.25. The number of amides is 3. The summed E-state index contributed by atoms with van der Waals surface area (Å²) in [5, 5.41) is 8.31. The SMILES string of the molecule is CCNc1ccc(C(=O)NCCNC(N)=O)c(C)c1. The summed E-state index contributed by atoms with van der Waals surface area (Å²) in [6.45, 7) is 5.40. The van der Waals surface area contributed by atoms with Gasteiger partial charge < -0.3 is 21.7 Å². The Morgan fingerprint density at radius 2 is 1.89 bits per heavy atom. The van der Waals surface area contributed by atoms with Gasteiger partial charge in [0, 0.05) is 30.9 Å². The number of nitrogens with two attached hydrogens (primary N) is 1. The van der Waals surface area contributed by atoms with Gasteiger partial charge in [0.2, 0.25) is 0 Å². The van der Waals surface area contributed by atoms with Crippen molar-refractivity contribution in [1.29, 1.82) is 0 Å². The summed E-state index contributed by atoms with van der Waals surface area (Å²) in [6, 6.07) is 4.98. The zero-order valence-electron chi connectivity index (χ0n) is 11.2. The molecule has 0 aromatic heterocycles. The number of rotatable bonds is 6. The van der Waals surface area contributed by atoms with Gasteiger partial charge in [0.05, 0.1) is 0 Å². The van der Waals surface area contributed by atoms with Crippen molar-refractivity contribution in [2.45, 2.75) is 13.8 Å². The number of carbonyl (C=O) groups excluding carboxylic acids is 2. The van der Waals surface area contributed by atoms with Crippen LogP contribution in [0.25, 0.3) is 0 Å². The van der Waals surface area contributed by atoms with E-state index in [0.717, 1.165) is 17.8 Å². The molecular formula is C13H20N4O2. The Morgan fingerprint density at radius 3 is 2.47 bits per heavy atom. The Morgan fingerprint density at radius 1 is 1.21 bits per heavy atom. The van der Waals surface area contributed by atoms with E-state index in [1.54, 1.807) is 6.07 Å². The maximum absolute atomic E-state index is 11.9. The van der Waals surface area contributed by atoms with Crippen molar-refractivity contribution < 1.29 is 9.59 Å². The van der Waals surface area contributed by atoms with Crippen molar-refractivity contribution in [2.24, 2.45) is 5.73 Å². The lowest BCUT2D eigenvalue weighted by Crippen LogP contribution is -2.37. The molecule has 1 aromatic carbocycles. The van der Waals surface area contributed by atoms with Crippen LogP contribution in [0.15, 0.2) is 18.2 Å². The van der Waals surface area contributed by atoms with Crippen molar-refractivity contribution in [3.8, 4) is 0 Å². The van der Waals surface area contributed by atoms with Gasteiger partial charge in [-0.2, -0.15) is 0 Å². The molecule has 3 amide bonds. The van der Waals surface area contributed by atoms with Gasteiger partial charge in [0.1, 0.15) is 0 Å².